The number of benzene rings is 2. The highest BCUT2D eigenvalue weighted by atomic mass is 16.2. The summed E-state index contributed by atoms with van der Waals surface area (Å²) in [5, 5.41) is 9.07. The molecule has 1 saturated heterocycles. The fraction of sp³-hybridized carbons (Fsp3) is 0.421. The molecule has 0 aromatic heterocycles. The first-order valence-electron chi connectivity index (χ1n) is 8.31. The Morgan fingerprint density at radius 3 is 2.86 bits per heavy atom. The van der Waals surface area contributed by atoms with Gasteiger partial charge in [-0.2, -0.15) is 0 Å². The Labute approximate surface area is 131 Å². The maximum Gasteiger partial charge on any atom is 0.223 e. The van der Waals surface area contributed by atoms with Crippen LogP contribution in [0.3, 0.4) is 0 Å². The first kappa shape index (κ1) is 13.8. The van der Waals surface area contributed by atoms with Crippen LogP contribution in [-0.2, 0) is 4.79 Å². The molecule has 1 aliphatic heterocycles. The van der Waals surface area contributed by atoms with Gasteiger partial charge in [0.05, 0.1) is 0 Å². The largest absolute Gasteiger partial charge is 0.354 e. The van der Waals surface area contributed by atoms with Crippen molar-refractivity contribution in [1.29, 1.82) is 0 Å². The lowest BCUT2D eigenvalue weighted by atomic mass is 10.0. The van der Waals surface area contributed by atoms with E-state index in [1.807, 2.05) is 0 Å². The van der Waals surface area contributed by atoms with Gasteiger partial charge in [0.15, 0.2) is 0 Å². The van der Waals surface area contributed by atoms with Crippen molar-refractivity contribution >= 4 is 16.7 Å². The van der Waals surface area contributed by atoms with E-state index in [-0.39, 0.29) is 11.8 Å². The minimum Gasteiger partial charge on any atom is -0.354 e. The quantitative estimate of drug-likeness (QED) is 0.910. The van der Waals surface area contributed by atoms with Gasteiger partial charge < -0.3 is 10.6 Å². The lowest BCUT2D eigenvalue weighted by Crippen LogP contribution is -2.37. The number of hydrogen-bond acceptors (Lipinski definition) is 2. The van der Waals surface area contributed by atoms with Gasteiger partial charge in [0, 0.05) is 18.5 Å². The van der Waals surface area contributed by atoms with Gasteiger partial charge in [-0.05, 0) is 48.1 Å². The fourth-order valence-electron chi connectivity index (χ4n) is 3.58. The number of fused-ring (bicyclic) bond motifs is 1. The third-order valence-corrected chi connectivity index (χ3v) is 5.01. The minimum atomic E-state index is 0.169. The third-order valence-electron chi connectivity index (χ3n) is 5.01. The zero-order valence-electron chi connectivity index (χ0n) is 12.7. The van der Waals surface area contributed by atoms with E-state index >= 15 is 0 Å². The molecule has 1 saturated carbocycles. The molecule has 1 heterocycles. The Kier molecular flexibility index (Phi) is 3.59. The third kappa shape index (κ3) is 2.73. The average molecular weight is 294 g/mol. The Morgan fingerprint density at radius 1 is 1.18 bits per heavy atom. The highest BCUT2D eigenvalue weighted by Crippen LogP contribution is 2.48. The molecule has 114 valence electrons. The van der Waals surface area contributed by atoms with Crippen LogP contribution in [0.4, 0.5) is 0 Å². The molecule has 2 aliphatic rings. The summed E-state index contributed by atoms with van der Waals surface area (Å²) in [4.78, 5) is 12.3. The van der Waals surface area contributed by atoms with E-state index in [0.717, 1.165) is 19.5 Å². The van der Waals surface area contributed by atoms with Crippen molar-refractivity contribution in [3.05, 3.63) is 48.0 Å². The highest BCUT2D eigenvalue weighted by Gasteiger charge is 2.43. The summed E-state index contributed by atoms with van der Waals surface area (Å²) in [6, 6.07) is 15.5. The van der Waals surface area contributed by atoms with E-state index in [9.17, 15) is 4.79 Å². The number of carbonyl (C=O) groups is 1. The normalized spacial score (nSPS) is 27.0. The summed E-state index contributed by atoms with van der Waals surface area (Å²) in [5.74, 6) is 0.801. The Morgan fingerprint density at radius 2 is 2.05 bits per heavy atom. The van der Waals surface area contributed by atoms with Crippen LogP contribution in [0.25, 0.3) is 10.8 Å². The van der Waals surface area contributed by atoms with Crippen molar-refractivity contribution in [3.63, 3.8) is 0 Å². The molecule has 2 fully saturated rings. The van der Waals surface area contributed by atoms with Crippen molar-refractivity contribution in [2.75, 3.05) is 13.1 Å². The molecule has 0 bridgehead atoms. The van der Waals surface area contributed by atoms with Crippen molar-refractivity contribution in [2.45, 2.75) is 31.2 Å². The van der Waals surface area contributed by atoms with Gasteiger partial charge in [0.2, 0.25) is 5.91 Å². The second kappa shape index (κ2) is 5.73. The number of rotatable bonds is 4. The Balaban J connectivity index is 1.38. The molecular formula is C19H22N2O. The lowest BCUT2D eigenvalue weighted by Gasteiger charge is -2.11. The molecule has 2 aromatic rings. The zero-order valence-corrected chi connectivity index (χ0v) is 12.7. The van der Waals surface area contributed by atoms with Gasteiger partial charge in [-0.1, -0.05) is 42.5 Å². The van der Waals surface area contributed by atoms with Crippen molar-refractivity contribution < 1.29 is 4.79 Å². The molecule has 4 rings (SSSR count). The molecule has 0 spiro atoms. The first-order chi connectivity index (χ1) is 10.8. The smallest absolute Gasteiger partial charge is 0.223 e. The molecule has 3 unspecified atom stereocenters. The molecule has 3 atom stereocenters. The second-order valence-corrected chi connectivity index (χ2v) is 6.59. The molecule has 3 heteroatoms. The minimum absolute atomic E-state index is 0.169. The summed E-state index contributed by atoms with van der Waals surface area (Å²) in [6.45, 7) is 1.86. The fourth-order valence-corrected chi connectivity index (χ4v) is 3.58. The van der Waals surface area contributed by atoms with Crippen LogP contribution in [0.2, 0.25) is 0 Å². The lowest BCUT2D eigenvalue weighted by molar-refractivity contribution is -0.122. The molecule has 0 radical (unpaired) electrons. The monoisotopic (exact) mass is 294 g/mol. The van der Waals surface area contributed by atoms with Crippen LogP contribution >= 0.6 is 0 Å². The first-order valence-corrected chi connectivity index (χ1v) is 8.31. The second-order valence-electron chi connectivity index (χ2n) is 6.59. The van der Waals surface area contributed by atoms with Gasteiger partial charge in [0.1, 0.15) is 0 Å². The highest BCUT2D eigenvalue weighted by molar-refractivity contribution is 5.85. The van der Waals surface area contributed by atoms with Crippen LogP contribution in [0.15, 0.2) is 42.5 Å². The van der Waals surface area contributed by atoms with E-state index in [0.29, 0.717) is 12.0 Å². The average Bonchev–Trinajstić information content (AvgIpc) is 3.19. The van der Waals surface area contributed by atoms with E-state index in [4.69, 9.17) is 0 Å². The van der Waals surface area contributed by atoms with Crippen molar-refractivity contribution in [2.24, 2.45) is 5.92 Å². The Bertz CT molecular complexity index is 691. The number of carbonyl (C=O) groups excluding carboxylic acids is 1. The van der Waals surface area contributed by atoms with E-state index in [1.165, 1.54) is 29.2 Å². The standard InChI is InChI=1S/C19H22N2O/c22-19(21-12-16-6-3-9-20-16)18-11-17(18)15-8-7-13-4-1-2-5-14(13)10-15/h1-2,4-5,7-8,10,16-18,20H,3,6,9,11-12H2,(H,21,22). The molecule has 2 aromatic carbocycles. The molecule has 2 N–H and O–H groups in total. The van der Waals surface area contributed by atoms with Crippen LogP contribution in [0.5, 0.6) is 0 Å². The maximum atomic E-state index is 12.3. The topological polar surface area (TPSA) is 41.1 Å². The van der Waals surface area contributed by atoms with Crippen LogP contribution in [0, 0.1) is 5.92 Å². The van der Waals surface area contributed by atoms with Gasteiger partial charge in [-0.3, -0.25) is 4.79 Å². The van der Waals surface area contributed by atoms with Crippen molar-refractivity contribution in [3.8, 4) is 0 Å². The van der Waals surface area contributed by atoms with Crippen molar-refractivity contribution in [1.82, 2.24) is 10.6 Å². The van der Waals surface area contributed by atoms with Gasteiger partial charge in [-0.25, -0.2) is 0 Å². The van der Waals surface area contributed by atoms with Crippen LogP contribution < -0.4 is 10.6 Å². The van der Waals surface area contributed by atoms with E-state index in [1.54, 1.807) is 0 Å². The molecule has 22 heavy (non-hydrogen) atoms. The summed E-state index contributed by atoms with van der Waals surface area (Å²) >= 11 is 0. The Hall–Kier alpha value is -1.87. The molecule has 1 aliphatic carbocycles. The predicted octanol–water partition coefficient (Wildman–Crippen LogP) is 2.81. The zero-order chi connectivity index (χ0) is 14.9. The van der Waals surface area contributed by atoms with Gasteiger partial charge >= 0.3 is 0 Å². The summed E-state index contributed by atoms with van der Waals surface area (Å²) in [6.07, 6.45) is 3.39. The van der Waals surface area contributed by atoms with Crippen LogP contribution in [0.1, 0.15) is 30.7 Å². The molecule has 3 nitrogen and oxygen atoms in total. The van der Waals surface area contributed by atoms with Crippen LogP contribution in [-0.4, -0.2) is 25.0 Å². The molecular weight excluding hydrogens is 272 g/mol. The SMILES string of the molecule is O=C(NCC1CCCN1)C1CC1c1ccc2ccccc2c1. The molecule has 1 amide bonds. The van der Waals surface area contributed by atoms with E-state index in [2.05, 4.69) is 53.1 Å². The summed E-state index contributed by atoms with van der Waals surface area (Å²) in [7, 11) is 0. The maximum absolute atomic E-state index is 12.3. The number of hydrogen-bond donors (Lipinski definition) is 2. The summed E-state index contributed by atoms with van der Waals surface area (Å²) in [5.41, 5.74) is 1.30. The number of amides is 1. The van der Waals surface area contributed by atoms with E-state index < -0.39 is 0 Å². The van der Waals surface area contributed by atoms with Gasteiger partial charge in [0.25, 0.3) is 0 Å². The number of nitrogens with one attached hydrogen (secondary N) is 2. The van der Waals surface area contributed by atoms with Gasteiger partial charge in [-0.15, -0.1) is 0 Å². The summed E-state index contributed by atoms with van der Waals surface area (Å²) < 4.78 is 0. The predicted molar refractivity (Wildman–Crippen MR) is 88.8 cm³/mol.